The summed E-state index contributed by atoms with van der Waals surface area (Å²) in [5.41, 5.74) is 2.39. The fraction of sp³-hybridized carbons (Fsp3) is 0.333. The summed E-state index contributed by atoms with van der Waals surface area (Å²) in [5.74, 6) is 0.957. The monoisotopic (exact) mass is 229 g/mol. The number of hydrogen-bond acceptors (Lipinski definition) is 2. The first-order valence-electron chi connectivity index (χ1n) is 6.07. The number of benzene rings is 1. The van der Waals surface area contributed by atoms with Gasteiger partial charge in [-0.05, 0) is 31.4 Å². The largest absolute Gasteiger partial charge is 0.495 e. The Labute approximate surface area is 103 Å². The minimum Gasteiger partial charge on any atom is -0.495 e. The molecule has 1 aromatic rings. The number of ether oxygens (including phenoxy) is 1. The zero-order valence-corrected chi connectivity index (χ0v) is 10.4. The Bertz CT molecular complexity index is 420. The highest BCUT2D eigenvalue weighted by Crippen LogP contribution is 2.21. The molecule has 90 valence electrons. The summed E-state index contributed by atoms with van der Waals surface area (Å²) in [6.45, 7) is 2.16. The standard InChI is InChI=1S/C15H19NO/c1-12(13-8-4-3-5-9-13)16-14-10-6-7-11-15(14)17-2/h3-5,8-12,16H,6-7H2,1-2H3. The van der Waals surface area contributed by atoms with E-state index in [1.54, 1.807) is 7.11 Å². The van der Waals surface area contributed by atoms with Crippen molar-refractivity contribution in [3.63, 3.8) is 0 Å². The van der Waals surface area contributed by atoms with Crippen LogP contribution >= 0.6 is 0 Å². The molecule has 1 aromatic carbocycles. The minimum atomic E-state index is 0.291. The summed E-state index contributed by atoms with van der Waals surface area (Å²) in [6, 6.07) is 10.7. The molecule has 0 aliphatic heterocycles. The van der Waals surface area contributed by atoms with E-state index in [0.717, 1.165) is 24.3 Å². The lowest BCUT2D eigenvalue weighted by atomic mass is 10.1. The van der Waals surface area contributed by atoms with Crippen LogP contribution in [0.1, 0.15) is 31.4 Å². The normalized spacial score (nSPS) is 16.8. The van der Waals surface area contributed by atoms with E-state index >= 15 is 0 Å². The van der Waals surface area contributed by atoms with Crippen molar-refractivity contribution < 1.29 is 4.74 Å². The van der Waals surface area contributed by atoms with Crippen LogP contribution in [0.4, 0.5) is 0 Å². The molecule has 2 rings (SSSR count). The van der Waals surface area contributed by atoms with Gasteiger partial charge in [0.15, 0.2) is 0 Å². The van der Waals surface area contributed by atoms with Gasteiger partial charge in [0.05, 0.1) is 12.8 Å². The van der Waals surface area contributed by atoms with Crippen molar-refractivity contribution in [2.45, 2.75) is 25.8 Å². The maximum atomic E-state index is 5.37. The van der Waals surface area contributed by atoms with Crippen molar-refractivity contribution in [1.82, 2.24) is 5.32 Å². The van der Waals surface area contributed by atoms with Gasteiger partial charge < -0.3 is 10.1 Å². The molecule has 0 amide bonds. The Morgan fingerprint density at radius 1 is 1.12 bits per heavy atom. The molecular weight excluding hydrogens is 210 g/mol. The van der Waals surface area contributed by atoms with Gasteiger partial charge in [0, 0.05) is 6.04 Å². The first-order valence-corrected chi connectivity index (χ1v) is 6.07. The first-order chi connectivity index (χ1) is 8.31. The number of allylic oxidation sites excluding steroid dienone is 2. The third-order valence-electron chi connectivity index (χ3n) is 3.00. The number of methoxy groups -OCH3 is 1. The predicted molar refractivity (Wildman–Crippen MR) is 70.4 cm³/mol. The van der Waals surface area contributed by atoms with Gasteiger partial charge in [0.1, 0.15) is 5.76 Å². The van der Waals surface area contributed by atoms with Crippen molar-refractivity contribution in [3.8, 4) is 0 Å². The van der Waals surface area contributed by atoms with Gasteiger partial charge in [-0.2, -0.15) is 0 Å². The highest BCUT2D eigenvalue weighted by Gasteiger charge is 2.12. The lowest BCUT2D eigenvalue weighted by Gasteiger charge is -2.21. The van der Waals surface area contributed by atoms with Crippen LogP contribution in [0.5, 0.6) is 0 Å². The van der Waals surface area contributed by atoms with Crippen LogP contribution in [0, 0.1) is 0 Å². The van der Waals surface area contributed by atoms with Crippen LogP contribution in [0.2, 0.25) is 0 Å². The summed E-state index contributed by atoms with van der Waals surface area (Å²) in [7, 11) is 1.72. The Morgan fingerprint density at radius 2 is 1.82 bits per heavy atom. The topological polar surface area (TPSA) is 21.3 Å². The molecule has 1 unspecified atom stereocenters. The van der Waals surface area contributed by atoms with Crippen LogP contribution < -0.4 is 5.32 Å². The van der Waals surface area contributed by atoms with Crippen LogP contribution in [-0.2, 0) is 4.74 Å². The summed E-state index contributed by atoms with van der Waals surface area (Å²) < 4.78 is 5.37. The molecule has 1 aliphatic carbocycles. The maximum Gasteiger partial charge on any atom is 0.137 e. The molecule has 0 bridgehead atoms. The van der Waals surface area contributed by atoms with E-state index < -0.39 is 0 Å². The van der Waals surface area contributed by atoms with E-state index in [-0.39, 0.29) is 0 Å². The summed E-state index contributed by atoms with van der Waals surface area (Å²) in [5, 5.41) is 3.50. The number of rotatable bonds is 4. The van der Waals surface area contributed by atoms with Gasteiger partial charge in [-0.25, -0.2) is 0 Å². The first kappa shape index (κ1) is 11.8. The molecule has 17 heavy (non-hydrogen) atoms. The zero-order chi connectivity index (χ0) is 12.1. The SMILES string of the molecule is COC1=CCCC=C1NC(C)c1ccccc1. The Kier molecular flexibility index (Phi) is 3.86. The molecule has 1 atom stereocenters. The van der Waals surface area contributed by atoms with Gasteiger partial charge in [-0.15, -0.1) is 0 Å². The minimum absolute atomic E-state index is 0.291. The predicted octanol–water partition coefficient (Wildman–Crippen LogP) is 3.55. The maximum absolute atomic E-state index is 5.37. The van der Waals surface area contributed by atoms with Crippen LogP contribution in [0.25, 0.3) is 0 Å². The molecular formula is C15H19NO. The van der Waals surface area contributed by atoms with E-state index in [1.165, 1.54) is 5.56 Å². The van der Waals surface area contributed by atoms with E-state index in [1.807, 2.05) is 6.07 Å². The molecule has 0 aromatic heterocycles. The lowest BCUT2D eigenvalue weighted by molar-refractivity contribution is 0.290. The second-order valence-electron chi connectivity index (χ2n) is 4.24. The Morgan fingerprint density at radius 3 is 2.53 bits per heavy atom. The van der Waals surface area contributed by atoms with E-state index in [0.29, 0.717) is 6.04 Å². The third kappa shape index (κ3) is 2.90. The summed E-state index contributed by atoms with van der Waals surface area (Å²) in [4.78, 5) is 0. The Hall–Kier alpha value is -1.70. The summed E-state index contributed by atoms with van der Waals surface area (Å²) >= 11 is 0. The van der Waals surface area contributed by atoms with Crippen molar-refractivity contribution in [3.05, 3.63) is 59.5 Å². The number of hydrogen-bond donors (Lipinski definition) is 1. The van der Waals surface area contributed by atoms with Gasteiger partial charge in [-0.3, -0.25) is 0 Å². The van der Waals surface area contributed by atoms with E-state index in [4.69, 9.17) is 4.74 Å². The fourth-order valence-corrected chi connectivity index (χ4v) is 2.03. The second-order valence-corrected chi connectivity index (χ2v) is 4.24. The quantitative estimate of drug-likeness (QED) is 0.852. The molecule has 2 heteroatoms. The molecule has 1 aliphatic rings. The average Bonchev–Trinajstić information content (AvgIpc) is 2.40. The van der Waals surface area contributed by atoms with Crippen molar-refractivity contribution in [1.29, 1.82) is 0 Å². The van der Waals surface area contributed by atoms with Gasteiger partial charge in [0.2, 0.25) is 0 Å². The molecule has 0 saturated heterocycles. The average molecular weight is 229 g/mol. The lowest BCUT2D eigenvalue weighted by Crippen LogP contribution is -2.21. The number of nitrogens with one attached hydrogen (secondary N) is 1. The van der Waals surface area contributed by atoms with Gasteiger partial charge >= 0.3 is 0 Å². The van der Waals surface area contributed by atoms with Crippen LogP contribution in [0.3, 0.4) is 0 Å². The molecule has 0 heterocycles. The highest BCUT2D eigenvalue weighted by molar-refractivity contribution is 5.29. The molecule has 0 spiro atoms. The molecule has 2 nitrogen and oxygen atoms in total. The fourth-order valence-electron chi connectivity index (χ4n) is 2.03. The van der Waals surface area contributed by atoms with Crippen molar-refractivity contribution >= 4 is 0 Å². The second kappa shape index (κ2) is 5.58. The van der Waals surface area contributed by atoms with Crippen LogP contribution in [-0.4, -0.2) is 7.11 Å². The Balaban J connectivity index is 2.06. The van der Waals surface area contributed by atoms with Gasteiger partial charge in [0.25, 0.3) is 0 Å². The van der Waals surface area contributed by atoms with Crippen molar-refractivity contribution in [2.75, 3.05) is 7.11 Å². The highest BCUT2D eigenvalue weighted by atomic mass is 16.5. The molecule has 0 radical (unpaired) electrons. The van der Waals surface area contributed by atoms with Crippen LogP contribution in [0.15, 0.2) is 53.9 Å². The molecule has 0 saturated carbocycles. The summed E-state index contributed by atoms with van der Waals surface area (Å²) in [6.07, 6.45) is 6.49. The van der Waals surface area contributed by atoms with Gasteiger partial charge in [-0.1, -0.05) is 36.4 Å². The zero-order valence-electron chi connectivity index (χ0n) is 10.4. The smallest absolute Gasteiger partial charge is 0.137 e. The van der Waals surface area contributed by atoms with E-state index in [9.17, 15) is 0 Å². The van der Waals surface area contributed by atoms with Crippen molar-refractivity contribution in [2.24, 2.45) is 0 Å². The third-order valence-corrected chi connectivity index (χ3v) is 3.00. The molecule has 0 fully saturated rings. The molecule has 1 N–H and O–H groups in total. The van der Waals surface area contributed by atoms with E-state index in [2.05, 4.69) is 48.7 Å².